The van der Waals surface area contributed by atoms with Gasteiger partial charge in [-0.05, 0) is 43.9 Å². The Morgan fingerprint density at radius 3 is 1.94 bits per heavy atom. The van der Waals surface area contributed by atoms with Gasteiger partial charge < -0.3 is 34.2 Å². The maximum atomic E-state index is 12.4. The molecule has 0 amide bonds. The van der Waals surface area contributed by atoms with Gasteiger partial charge in [-0.1, -0.05) is 33.8 Å². The van der Waals surface area contributed by atoms with Crippen molar-refractivity contribution in [1.82, 2.24) is 0 Å². The van der Waals surface area contributed by atoms with Gasteiger partial charge in [-0.25, -0.2) is 9.59 Å². The van der Waals surface area contributed by atoms with Crippen LogP contribution in [0.15, 0.2) is 18.2 Å². The van der Waals surface area contributed by atoms with E-state index in [1.807, 2.05) is 13.8 Å². The summed E-state index contributed by atoms with van der Waals surface area (Å²) in [6.45, 7) is 8.84. The summed E-state index contributed by atoms with van der Waals surface area (Å²) in [5, 5.41) is 0. The third kappa shape index (κ3) is 11.6. The minimum Gasteiger partial charge on any atom is -0.462 e. The Balaban J connectivity index is 2.85. The first-order chi connectivity index (χ1) is 16.6. The molecule has 2 atom stereocenters. The molecule has 11 nitrogen and oxygen atoms in total. The first-order valence-corrected chi connectivity index (χ1v) is 11.5. The Labute approximate surface area is 205 Å². The van der Waals surface area contributed by atoms with Crippen LogP contribution in [0.5, 0.6) is 11.5 Å². The molecule has 0 aliphatic heterocycles. The lowest BCUT2D eigenvalue weighted by Crippen LogP contribution is -2.37. The highest BCUT2D eigenvalue weighted by Gasteiger charge is 2.22. The van der Waals surface area contributed by atoms with Crippen molar-refractivity contribution in [2.75, 3.05) is 19.8 Å². The van der Waals surface area contributed by atoms with E-state index in [0.717, 1.165) is 0 Å². The van der Waals surface area contributed by atoms with Gasteiger partial charge in [0, 0.05) is 0 Å². The third-order valence-electron chi connectivity index (χ3n) is 4.25. The number of carbonyl (C=O) groups is 4. The number of ether oxygens (including phenoxy) is 6. The summed E-state index contributed by atoms with van der Waals surface area (Å²) >= 11 is 0. The SMILES string of the molecule is CCCOC(=O)Oc1ccc(C[C@H](N)C(=O)O[C@@H](C)COC(=O)C(C)C)cc1OC(=O)OCCC. The number of esters is 2. The van der Waals surface area contributed by atoms with Gasteiger partial charge in [0.05, 0.1) is 19.1 Å². The van der Waals surface area contributed by atoms with E-state index >= 15 is 0 Å². The zero-order chi connectivity index (χ0) is 26.4. The zero-order valence-electron chi connectivity index (χ0n) is 20.9. The lowest BCUT2D eigenvalue weighted by Gasteiger charge is -2.18. The lowest BCUT2D eigenvalue weighted by atomic mass is 10.1. The Bertz CT molecular complexity index is 855. The number of hydrogen-bond acceptors (Lipinski definition) is 11. The molecule has 0 aliphatic rings. The van der Waals surface area contributed by atoms with E-state index in [2.05, 4.69) is 0 Å². The van der Waals surface area contributed by atoms with E-state index in [1.165, 1.54) is 12.1 Å². The maximum Gasteiger partial charge on any atom is 0.513 e. The Morgan fingerprint density at radius 2 is 1.40 bits per heavy atom. The van der Waals surface area contributed by atoms with Crippen molar-refractivity contribution in [3.8, 4) is 11.5 Å². The average Bonchev–Trinajstić information content (AvgIpc) is 2.81. The second-order valence-electron chi connectivity index (χ2n) is 8.02. The Hall–Kier alpha value is -3.34. The van der Waals surface area contributed by atoms with Gasteiger partial charge >= 0.3 is 24.2 Å². The normalized spacial score (nSPS) is 12.3. The van der Waals surface area contributed by atoms with Gasteiger partial charge in [-0.3, -0.25) is 9.59 Å². The van der Waals surface area contributed by atoms with Crippen molar-refractivity contribution >= 4 is 24.2 Å². The molecule has 0 aromatic heterocycles. The molecule has 0 fully saturated rings. The van der Waals surface area contributed by atoms with Crippen LogP contribution in [-0.4, -0.2) is 56.2 Å². The molecule has 0 saturated carbocycles. The van der Waals surface area contributed by atoms with Gasteiger partial charge in [-0.2, -0.15) is 0 Å². The van der Waals surface area contributed by atoms with Crippen LogP contribution in [0.1, 0.15) is 53.0 Å². The van der Waals surface area contributed by atoms with Crippen molar-refractivity contribution in [3.63, 3.8) is 0 Å². The van der Waals surface area contributed by atoms with E-state index in [0.29, 0.717) is 18.4 Å². The molecule has 0 saturated heterocycles. The fraction of sp³-hybridized carbons (Fsp3) is 0.583. The number of rotatable bonds is 13. The minimum atomic E-state index is -1.06. The zero-order valence-corrected chi connectivity index (χ0v) is 20.9. The Morgan fingerprint density at radius 1 is 0.829 bits per heavy atom. The molecule has 0 unspecified atom stereocenters. The lowest BCUT2D eigenvalue weighted by molar-refractivity contribution is -0.160. The maximum absolute atomic E-state index is 12.4. The molecule has 11 heteroatoms. The molecule has 0 radical (unpaired) electrons. The summed E-state index contributed by atoms with van der Waals surface area (Å²) in [5.74, 6) is -1.57. The van der Waals surface area contributed by atoms with Crippen molar-refractivity contribution < 1.29 is 47.6 Å². The highest BCUT2D eigenvalue weighted by atomic mass is 16.7. The first kappa shape index (κ1) is 29.7. The standard InChI is InChI=1S/C24H35NO10/c1-6-10-30-23(28)34-19-9-8-17(13-20(19)35-24(29)31-11-7-2)12-18(25)22(27)33-16(5)14-32-21(26)15(3)4/h8-9,13,15-16,18H,6-7,10-12,14,25H2,1-5H3/t16-,18-/m0/s1. The predicted octanol–water partition coefficient (Wildman–Crippen LogP) is 3.54. The van der Waals surface area contributed by atoms with Crippen LogP contribution in [0, 0.1) is 5.92 Å². The molecule has 0 heterocycles. The predicted molar refractivity (Wildman–Crippen MR) is 124 cm³/mol. The summed E-state index contributed by atoms with van der Waals surface area (Å²) in [7, 11) is 0. The number of nitrogens with two attached hydrogens (primary N) is 1. The van der Waals surface area contributed by atoms with Crippen molar-refractivity contribution in [2.45, 2.75) is 66.0 Å². The van der Waals surface area contributed by atoms with Crippen molar-refractivity contribution in [2.24, 2.45) is 11.7 Å². The summed E-state index contributed by atoms with van der Waals surface area (Å²) in [4.78, 5) is 47.7. The largest absolute Gasteiger partial charge is 0.513 e. The molecule has 1 aromatic carbocycles. The fourth-order valence-corrected chi connectivity index (χ4v) is 2.48. The van der Waals surface area contributed by atoms with E-state index in [9.17, 15) is 19.2 Å². The average molecular weight is 498 g/mol. The van der Waals surface area contributed by atoms with Crippen LogP contribution >= 0.6 is 0 Å². The van der Waals surface area contributed by atoms with Crippen LogP contribution < -0.4 is 15.2 Å². The van der Waals surface area contributed by atoms with Crippen LogP contribution in [0.2, 0.25) is 0 Å². The van der Waals surface area contributed by atoms with Gasteiger partial charge in [-0.15, -0.1) is 0 Å². The number of carbonyl (C=O) groups excluding carboxylic acids is 4. The number of benzene rings is 1. The second-order valence-corrected chi connectivity index (χ2v) is 8.02. The molecule has 1 aromatic rings. The van der Waals surface area contributed by atoms with E-state index in [-0.39, 0.29) is 43.7 Å². The molecule has 196 valence electrons. The summed E-state index contributed by atoms with van der Waals surface area (Å²) in [6, 6.07) is 3.28. The molecular formula is C24H35NO10. The van der Waals surface area contributed by atoms with Gasteiger partial charge in [0.15, 0.2) is 11.5 Å². The third-order valence-corrected chi connectivity index (χ3v) is 4.25. The molecule has 35 heavy (non-hydrogen) atoms. The molecular weight excluding hydrogens is 462 g/mol. The monoisotopic (exact) mass is 497 g/mol. The molecule has 0 aliphatic carbocycles. The topological polar surface area (TPSA) is 150 Å². The van der Waals surface area contributed by atoms with Gasteiger partial charge in [0.25, 0.3) is 0 Å². The first-order valence-electron chi connectivity index (χ1n) is 11.5. The smallest absolute Gasteiger partial charge is 0.462 e. The summed E-state index contributed by atoms with van der Waals surface area (Å²) in [6.07, 6.45) is -1.41. The van der Waals surface area contributed by atoms with E-state index in [4.69, 9.17) is 34.2 Å². The van der Waals surface area contributed by atoms with Crippen LogP contribution in [0.25, 0.3) is 0 Å². The number of hydrogen-bond donors (Lipinski definition) is 1. The molecule has 0 spiro atoms. The molecule has 2 N–H and O–H groups in total. The van der Waals surface area contributed by atoms with Crippen molar-refractivity contribution in [1.29, 1.82) is 0 Å². The second kappa shape index (κ2) is 15.5. The highest BCUT2D eigenvalue weighted by molar-refractivity contribution is 5.76. The van der Waals surface area contributed by atoms with Crippen LogP contribution in [0.3, 0.4) is 0 Å². The van der Waals surface area contributed by atoms with Gasteiger partial charge in [0.1, 0.15) is 18.8 Å². The van der Waals surface area contributed by atoms with Gasteiger partial charge in [0.2, 0.25) is 0 Å². The van der Waals surface area contributed by atoms with Crippen LogP contribution in [-0.2, 0) is 35.0 Å². The fourth-order valence-electron chi connectivity index (χ4n) is 2.48. The molecule has 0 bridgehead atoms. The minimum absolute atomic E-state index is 0.0261. The summed E-state index contributed by atoms with van der Waals surface area (Å²) < 4.78 is 30.4. The summed E-state index contributed by atoms with van der Waals surface area (Å²) in [5.41, 5.74) is 6.47. The van der Waals surface area contributed by atoms with Crippen molar-refractivity contribution in [3.05, 3.63) is 23.8 Å². The van der Waals surface area contributed by atoms with E-state index in [1.54, 1.807) is 26.8 Å². The Kier molecular flexibility index (Phi) is 13.2. The molecule has 1 rings (SSSR count). The quantitative estimate of drug-likeness (QED) is 0.242. The van der Waals surface area contributed by atoms with Crippen LogP contribution in [0.4, 0.5) is 9.59 Å². The van der Waals surface area contributed by atoms with E-state index < -0.39 is 36.4 Å². The highest BCUT2D eigenvalue weighted by Crippen LogP contribution is 2.30.